The quantitative estimate of drug-likeness (QED) is 0.578. The predicted octanol–water partition coefficient (Wildman–Crippen LogP) is 1.77. The summed E-state index contributed by atoms with van der Waals surface area (Å²) in [5.41, 5.74) is 7.80. The Balaban J connectivity index is 1.87. The van der Waals surface area contributed by atoms with Gasteiger partial charge in [-0.25, -0.2) is 0 Å². The molecular weight excluding hydrogens is 272 g/mol. The van der Waals surface area contributed by atoms with Crippen LogP contribution < -0.4 is 16.4 Å². The number of benzene rings is 1. The van der Waals surface area contributed by atoms with Crippen LogP contribution in [0.15, 0.2) is 12.1 Å². The zero-order valence-electron chi connectivity index (χ0n) is 11.6. The van der Waals surface area contributed by atoms with Crippen LogP contribution in [0.25, 0.3) is 0 Å². The molecule has 1 saturated carbocycles. The summed E-state index contributed by atoms with van der Waals surface area (Å²) in [6, 6.07) is 3.19. The van der Waals surface area contributed by atoms with Gasteiger partial charge in [0.25, 0.3) is 5.69 Å². The molecule has 0 bridgehead atoms. The summed E-state index contributed by atoms with van der Waals surface area (Å²) in [4.78, 5) is 22.2. The fourth-order valence-electron chi connectivity index (χ4n) is 2.79. The molecule has 7 nitrogen and oxygen atoms in total. The Kier molecular flexibility index (Phi) is 3.29. The number of nitro benzene ring substituents is 1. The highest BCUT2D eigenvalue weighted by Crippen LogP contribution is 2.35. The summed E-state index contributed by atoms with van der Waals surface area (Å²) in [6.45, 7) is 0.527. The SMILES string of the molecule is NC1(CNc2cc3c(cc2[N+](=O)[O-])NC(=O)CC3)CCC1. The van der Waals surface area contributed by atoms with E-state index in [0.717, 1.165) is 24.8 Å². The summed E-state index contributed by atoms with van der Waals surface area (Å²) in [6.07, 6.45) is 3.99. The van der Waals surface area contributed by atoms with Crippen molar-refractivity contribution in [1.29, 1.82) is 0 Å². The van der Waals surface area contributed by atoms with Crippen LogP contribution in [0, 0.1) is 10.1 Å². The number of nitrogens with zero attached hydrogens (tertiary/aromatic N) is 1. The average Bonchev–Trinajstić information content (AvgIpc) is 2.42. The van der Waals surface area contributed by atoms with E-state index in [2.05, 4.69) is 10.6 Å². The van der Waals surface area contributed by atoms with Gasteiger partial charge < -0.3 is 16.4 Å². The second-order valence-electron chi connectivity index (χ2n) is 5.90. The lowest BCUT2D eigenvalue weighted by atomic mass is 9.78. The molecule has 1 amide bonds. The van der Waals surface area contributed by atoms with Crippen molar-refractivity contribution >= 4 is 23.0 Å². The fourth-order valence-corrected chi connectivity index (χ4v) is 2.79. The number of nitrogens with two attached hydrogens (primary N) is 1. The lowest BCUT2D eigenvalue weighted by Crippen LogP contribution is -2.52. The summed E-state index contributed by atoms with van der Waals surface area (Å²) in [5, 5.41) is 17.0. The predicted molar refractivity (Wildman–Crippen MR) is 79.3 cm³/mol. The normalized spacial score (nSPS) is 19.2. The smallest absolute Gasteiger partial charge is 0.294 e. The number of nitrogens with one attached hydrogen (secondary N) is 2. The molecule has 4 N–H and O–H groups in total. The van der Waals surface area contributed by atoms with Crippen molar-refractivity contribution in [3.63, 3.8) is 0 Å². The van der Waals surface area contributed by atoms with E-state index in [-0.39, 0.29) is 17.1 Å². The summed E-state index contributed by atoms with van der Waals surface area (Å²) in [7, 11) is 0. The maximum atomic E-state index is 11.4. The molecule has 112 valence electrons. The van der Waals surface area contributed by atoms with Gasteiger partial charge in [-0.3, -0.25) is 14.9 Å². The molecule has 2 aliphatic rings. The molecule has 0 saturated heterocycles. The molecule has 3 rings (SSSR count). The first kappa shape index (κ1) is 13.8. The fraction of sp³-hybridized carbons (Fsp3) is 0.500. The second kappa shape index (κ2) is 5.00. The Bertz CT molecular complexity index is 610. The van der Waals surface area contributed by atoms with Crippen molar-refractivity contribution in [2.45, 2.75) is 37.6 Å². The number of carbonyl (C=O) groups is 1. The van der Waals surface area contributed by atoms with Gasteiger partial charge in [-0.15, -0.1) is 0 Å². The lowest BCUT2D eigenvalue weighted by Gasteiger charge is -2.38. The largest absolute Gasteiger partial charge is 0.378 e. The van der Waals surface area contributed by atoms with Gasteiger partial charge in [0.2, 0.25) is 5.91 Å². The molecule has 21 heavy (non-hydrogen) atoms. The molecule has 0 radical (unpaired) electrons. The van der Waals surface area contributed by atoms with E-state index < -0.39 is 4.92 Å². The standard InChI is InChI=1S/C14H18N4O3/c15-14(4-1-5-14)8-16-11-6-9-2-3-13(19)17-10(9)7-12(11)18(20)21/h6-7,16H,1-5,8,15H2,(H,17,19). The lowest BCUT2D eigenvalue weighted by molar-refractivity contribution is -0.383. The Morgan fingerprint density at radius 3 is 2.76 bits per heavy atom. The number of nitro groups is 1. The molecule has 1 heterocycles. The van der Waals surface area contributed by atoms with Crippen molar-refractivity contribution in [3.8, 4) is 0 Å². The van der Waals surface area contributed by atoms with E-state index in [4.69, 9.17) is 5.73 Å². The van der Waals surface area contributed by atoms with E-state index in [0.29, 0.717) is 30.8 Å². The highest BCUT2D eigenvalue weighted by molar-refractivity contribution is 5.95. The van der Waals surface area contributed by atoms with Gasteiger partial charge in [0.15, 0.2) is 0 Å². The van der Waals surface area contributed by atoms with E-state index >= 15 is 0 Å². The summed E-state index contributed by atoms with van der Waals surface area (Å²) >= 11 is 0. The van der Waals surface area contributed by atoms with E-state index in [1.54, 1.807) is 6.07 Å². The van der Waals surface area contributed by atoms with E-state index in [1.165, 1.54) is 6.07 Å². The average molecular weight is 290 g/mol. The van der Waals surface area contributed by atoms with Crippen LogP contribution in [0.5, 0.6) is 0 Å². The van der Waals surface area contributed by atoms with Crippen molar-refractivity contribution in [2.24, 2.45) is 5.73 Å². The Morgan fingerprint density at radius 1 is 1.38 bits per heavy atom. The second-order valence-corrected chi connectivity index (χ2v) is 5.90. The van der Waals surface area contributed by atoms with Crippen LogP contribution in [-0.4, -0.2) is 22.9 Å². The molecule has 1 aliphatic heterocycles. The van der Waals surface area contributed by atoms with E-state index in [1.807, 2.05) is 0 Å². The van der Waals surface area contributed by atoms with Crippen LogP contribution in [0.3, 0.4) is 0 Å². The van der Waals surface area contributed by atoms with Crippen LogP contribution >= 0.6 is 0 Å². The van der Waals surface area contributed by atoms with E-state index in [9.17, 15) is 14.9 Å². The first-order valence-corrected chi connectivity index (χ1v) is 7.11. The highest BCUT2D eigenvalue weighted by atomic mass is 16.6. The molecule has 0 spiro atoms. The number of amides is 1. The van der Waals surface area contributed by atoms with Crippen LogP contribution in [0.2, 0.25) is 0 Å². The first-order chi connectivity index (χ1) is 9.97. The van der Waals surface area contributed by atoms with Gasteiger partial charge in [-0.2, -0.15) is 0 Å². The highest BCUT2D eigenvalue weighted by Gasteiger charge is 2.33. The maximum absolute atomic E-state index is 11.4. The number of anilines is 2. The van der Waals surface area contributed by atoms with Crippen LogP contribution in [0.4, 0.5) is 17.1 Å². The number of fused-ring (bicyclic) bond motifs is 1. The zero-order chi connectivity index (χ0) is 15.0. The van der Waals surface area contributed by atoms with Gasteiger partial charge in [-0.1, -0.05) is 0 Å². The minimum Gasteiger partial charge on any atom is -0.378 e. The third kappa shape index (κ3) is 2.69. The zero-order valence-corrected chi connectivity index (χ0v) is 11.6. The number of hydrogen-bond acceptors (Lipinski definition) is 5. The first-order valence-electron chi connectivity index (χ1n) is 7.11. The molecule has 0 atom stereocenters. The van der Waals surface area contributed by atoms with Crippen LogP contribution in [-0.2, 0) is 11.2 Å². The Hall–Kier alpha value is -2.15. The minimum atomic E-state index is -0.437. The van der Waals surface area contributed by atoms with Gasteiger partial charge in [0.05, 0.1) is 10.6 Å². The van der Waals surface area contributed by atoms with Crippen molar-refractivity contribution in [2.75, 3.05) is 17.2 Å². The maximum Gasteiger partial charge on any atom is 0.294 e. The number of carbonyl (C=O) groups excluding carboxylic acids is 1. The summed E-state index contributed by atoms with van der Waals surface area (Å²) < 4.78 is 0. The molecule has 1 fully saturated rings. The molecule has 1 aliphatic carbocycles. The molecule has 0 aromatic heterocycles. The minimum absolute atomic E-state index is 0.0288. The van der Waals surface area contributed by atoms with Gasteiger partial charge in [0.1, 0.15) is 5.69 Å². The van der Waals surface area contributed by atoms with Crippen molar-refractivity contribution in [1.82, 2.24) is 0 Å². The number of hydrogen-bond donors (Lipinski definition) is 3. The third-order valence-electron chi connectivity index (χ3n) is 4.29. The van der Waals surface area contributed by atoms with Gasteiger partial charge >= 0.3 is 0 Å². The van der Waals surface area contributed by atoms with Gasteiger partial charge in [0, 0.05) is 24.6 Å². The molecule has 1 aromatic rings. The Morgan fingerprint density at radius 2 is 2.14 bits per heavy atom. The summed E-state index contributed by atoms with van der Waals surface area (Å²) in [5.74, 6) is -0.104. The monoisotopic (exact) mass is 290 g/mol. The third-order valence-corrected chi connectivity index (χ3v) is 4.29. The van der Waals surface area contributed by atoms with Gasteiger partial charge in [-0.05, 0) is 37.3 Å². The molecule has 7 heteroatoms. The molecule has 1 aromatic carbocycles. The molecular formula is C14H18N4O3. The van der Waals surface area contributed by atoms with Crippen molar-refractivity contribution in [3.05, 3.63) is 27.8 Å². The number of rotatable bonds is 4. The molecule has 0 unspecified atom stereocenters. The topological polar surface area (TPSA) is 110 Å². The number of aryl methyl sites for hydroxylation is 1. The van der Waals surface area contributed by atoms with Crippen molar-refractivity contribution < 1.29 is 9.72 Å². The Labute approximate surface area is 122 Å². The van der Waals surface area contributed by atoms with Crippen LogP contribution in [0.1, 0.15) is 31.2 Å².